The van der Waals surface area contributed by atoms with Crippen molar-refractivity contribution in [1.29, 1.82) is 0 Å². The maximum Gasteiger partial charge on any atom is 0.222 e. The van der Waals surface area contributed by atoms with E-state index < -0.39 is 23.8 Å². The molecule has 0 radical (unpaired) electrons. The molecule has 0 aliphatic carbocycles. The van der Waals surface area contributed by atoms with Gasteiger partial charge in [-0.15, -0.1) is 0 Å². The minimum absolute atomic E-state index is 0.190. The Morgan fingerprint density at radius 3 is 2.38 bits per heavy atom. The quantitative estimate of drug-likeness (QED) is 0.422. The molecule has 0 aliphatic rings. The van der Waals surface area contributed by atoms with E-state index in [1.807, 2.05) is 31.2 Å². The molecule has 1 aromatic heterocycles. The van der Waals surface area contributed by atoms with E-state index in [0.29, 0.717) is 18.1 Å². The Labute approximate surface area is 186 Å². The summed E-state index contributed by atoms with van der Waals surface area (Å²) in [5, 5.41) is 17.2. The van der Waals surface area contributed by atoms with E-state index in [-0.39, 0.29) is 13.0 Å². The highest BCUT2D eigenvalue weighted by Crippen LogP contribution is 2.15. The van der Waals surface area contributed by atoms with Gasteiger partial charge in [0, 0.05) is 31.5 Å². The molecular weight excluding hydrogens is 414 g/mol. The van der Waals surface area contributed by atoms with Gasteiger partial charge in [-0.2, -0.15) is 0 Å². The van der Waals surface area contributed by atoms with E-state index in [9.17, 15) is 13.9 Å². The lowest BCUT2D eigenvalue weighted by Crippen LogP contribution is -2.42. The van der Waals surface area contributed by atoms with E-state index in [1.54, 1.807) is 19.5 Å². The van der Waals surface area contributed by atoms with Crippen LogP contribution in [0, 0.1) is 11.6 Å². The molecule has 0 spiro atoms. The van der Waals surface area contributed by atoms with Gasteiger partial charge in [0.15, 0.2) is 0 Å². The first kappa shape index (κ1) is 23.6. The van der Waals surface area contributed by atoms with Crippen molar-refractivity contribution in [3.63, 3.8) is 0 Å². The van der Waals surface area contributed by atoms with E-state index in [1.165, 1.54) is 12.1 Å². The third kappa shape index (κ3) is 6.96. The number of nitrogens with one attached hydrogen (secondary N) is 2. The lowest BCUT2D eigenvalue weighted by molar-refractivity contribution is 0.148. The number of ether oxygens (including phenoxy) is 1. The summed E-state index contributed by atoms with van der Waals surface area (Å²) in [5.41, 5.74) is 2.42. The molecule has 0 saturated heterocycles. The third-order valence-electron chi connectivity index (χ3n) is 5.09. The molecule has 2 aromatic carbocycles. The van der Waals surface area contributed by atoms with Crippen LogP contribution in [0.15, 0.2) is 54.9 Å². The van der Waals surface area contributed by atoms with Gasteiger partial charge in [0.05, 0.1) is 19.3 Å². The Bertz CT molecular complexity index is 981. The summed E-state index contributed by atoms with van der Waals surface area (Å²) in [6, 6.07) is 10.4. The molecule has 0 amide bonds. The predicted octanol–water partition coefficient (Wildman–Crippen LogP) is 3.50. The van der Waals surface area contributed by atoms with Crippen molar-refractivity contribution in [3.05, 3.63) is 83.2 Å². The summed E-state index contributed by atoms with van der Waals surface area (Å²) in [7, 11) is 1.61. The van der Waals surface area contributed by atoms with Crippen LogP contribution in [0.1, 0.15) is 23.6 Å². The molecule has 8 heteroatoms. The Morgan fingerprint density at radius 1 is 1.00 bits per heavy atom. The van der Waals surface area contributed by atoms with Gasteiger partial charge in [-0.25, -0.2) is 18.7 Å². The smallest absolute Gasteiger partial charge is 0.222 e. The molecule has 3 rings (SSSR count). The topological polar surface area (TPSA) is 79.3 Å². The van der Waals surface area contributed by atoms with E-state index >= 15 is 0 Å². The van der Waals surface area contributed by atoms with E-state index in [4.69, 9.17) is 4.74 Å². The molecule has 0 aliphatic heterocycles. The molecule has 3 N–H and O–H groups in total. The molecule has 32 heavy (non-hydrogen) atoms. The molecule has 1 heterocycles. The number of aromatic nitrogens is 2. The zero-order valence-corrected chi connectivity index (χ0v) is 18.2. The number of hydrogen-bond acceptors (Lipinski definition) is 6. The number of methoxy groups -OCH3 is 1. The van der Waals surface area contributed by atoms with Crippen LogP contribution in [-0.2, 0) is 19.4 Å². The number of anilines is 1. The number of aliphatic hydroxyl groups excluding tert-OH is 1. The predicted molar refractivity (Wildman–Crippen MR) is 120 cm³/mol. The Hall–Kier alpha value is -3.10. The van der Waals surface area contributed by atoms with Crippen LogP contribution in [0.2, 0.25) is 0 Å². The summed E-state index contributed by atoms with van der Waals surface area (Å²) in [6.07, 6.45) is 3.54. The first-order valence-corrected chi connectivity index (χ1v) is 10.5. The number of benzene rings is 2. The minimum Gasteiger partial charge on any atom is -0.497 e. The summed E-state index contributed by atoms with van der Waals surface area (Å²) in [4.78, 5) is 8.56. The second kappa shape index (κ2) is 11.5. The molecule has 170 valence electrons. The van der Waals surface area contributed by atoms with Crippen molar-refractivity contribution in [1.82, 2.24) is 15.3 Å². The van der Waals surface area contributed by atoms with Gasteiger partial charge < -0.3 is 20.5 Å². The Balaban J connectivity index is 1.69. The molecular formula is C24H28F2N4O2. The molecule has 0 saturated carbocycles. The average molecular weight is 443 g/mol. The van der Waals surface area contributed by atoms with Crippen LogP contribution in [-0.4, -0.2) is 40.9 Å². The van der Waals surface area contributed by atoms with Crippen molar-refractivity contribution in [2.75, 3.05) is 19.0 Å². The standard InChI is InChI=1S/C24H28F2N4O2/c1-3-16-13-28-24(29-14-16)30-22(10-18-7-19(25)11-20(26)8-18)23(31)15-27-12-17-5-4-6-21(9-17)32-2/h4-9,11,13-14,22-23,27,31H,3,10,12,15H2,1-2H3,(H,28,29,30). The van der Waals surface area contributed by atoms with Crippen LogP contribution in [0.4, 0.5) is 14.7 Å². The van der Waals surface area contributed by atoms with Crippen molar-refractivity contribution in [2.24, 2.45) is 0 Å². The number of aliphatic hydroxyl groups is 1. The van der Waals surface area contributed by atoms with Gasteiger partial charge in [0.1, 0.15) is 17.4 Å². The lowest BCUT2D eigenvalue weighted by Gasteiger charge is -2.25. The molecule has 2 unspecified atom stereocenters. The average Bonchev–Trinajstić information content (AvgIpc) is 2.78. The highest BCUT2D eigenvalue weighted by molar-refractivity contribution is 5.30. The van der Waals surface area contributed by atoms with Gasteiger partial charge in [0.25, 0.3) is 0 Å². The van der Waals surface area contributed by atoms with Crippen LogP contribution >= 0.6 is 0 Å². The fraction of sp³-hybridized carbons (Fsp3) is 0.333. The van der Waals surface area contributed by atoms with Crippen LogP contribution in [0.25, 0.3) is 0 Å². The zero-order chi connectivity index (χ0) is 22.9. The van der Waals surface area contributed by atoms with Crippen LogP contribution < -0.4 is 15.4 Å². The van der Waals surface area contributed by atoms with Crippen molar-refractivity contribution in [2.45, 2.75) is 38.5 Å². The summed E-state index contributed by atoms with van der Waals surface area (Å²) < 4.78 is 32.6. The van der Waals surface area contributed by atoms with Gasteiger partial charge in [-0.3, -0.25) is 0 Å². The first-order valence-electron chi connectivity index (χ1n) is 10.5. The third-order valence-corrected chi connectivity index (χ3v) is 5.09. The fourth-order valence-electron chi connectivity index (χ4n) is 3.33. The van der Waals surface area contributed by atoms with Gasteiger partial charge in [-0.1, -0.05) is 19.1 Å². The zero-order valence-electron chi connectivity index (χ0n) is 18.2. The SMILES string of the molecule is CCc1cnc(NC(Cc2cc(F)cc(F)c2)C(O)CNCc2cccc(OC)c2)nc1. The molecule has 3 aromatic rings. The number of rotatable bonds is 11. The fourth-order valence-corrected chi connectivity index (χ4v) is 3.33. The summed E-state index contributed by atoms with van der Waals surface area (Å²) in [6.45, 7) is 2.78. The van der Waals surface area contributed by atoms with Crippen LogP contribution in [0.5, 0.6) is 5.75 Å². The van der Waals surface area contributed by atoms with Crippen molar-refractivity contribution < 1.29 is 18.6 Å². The maximum atomic E-state index is 13.7. The number of halogens is 2. The van der Waals surface area contributed by atoms with Crippen molar-refractivity contribution >= 4 is 5.95 Å². The van der Waals surface area contributed by atoms with E-state index in [2.05, 4.69) is 20.6 Å². The second-order valence-corrected chi connectivity index (χ2v) is 7.55. The van der Waals surface area contributed by atoms with Gasteiger partial charge in [-0.05, 0) is 53.8 Å². The molecule has 6 nitrogen and oxygen atoms in total. The molecule has 2 atom stereocenters. The highest BCUT2D eigenvalue weighted by atomic mass is 19.1. The monoisotopic (exact) mass is 442 g/mol. The number of nitrogens with zero attached hydrogens (tertiary/aromatic N) is 2. The largest absolute Gasteiger partial charge is 0.497 e. The van der Waals surface area contributed by atoms with Gasteiger partial charge in [0.2, 0.25) is 5.95 Å². The molecule has 0 fully saturated rings. The number of aryl methyl sites for hydroxylation is 1. The summed E-state index contributed by atoms with van der Waals surface area (Å²) >= 11 is 0. The van der Waals surface area contributed by atoms with E-state index in [0.717, 1.165) is 29.4 Å². The van der Waals surface area contributed by atoms with Crippen molar-refractivity contribution in [3.8, 4) is 5.75 Å². The lowest BCUT2D eigenvalue weighted by atomic mass is 10.0. The van der Waals surface area contributed by atoms with Crippen LogP contribution in [0.3, 0.4) is 0 Å². The second-order valence-electron chi connectivity index (χ2n) is 7.55. The highest BCUT2D eigenvalue weighted by Gasteiger charge is 2.21. The summed E-state index contributed by atoms with van der Waals surface area (Å²) in [5.74, 6) is -0.220. The molecule has 0 bridgehead atoms. The Morgan fingerprint density at radius 2 is 1.72 bits per heavy atom. The first-order chi connectivity index (χ1) is 15.5. The maximum absolute atomic E-state index is 13.7. The minimum atomic E-state index is -0.874. The number of hydrogen-bond donors (Lipinski definition) is 3. The van der Waals surface area contributed by atoms with Gasteiger partial charge >= 0.3 is 0 Å². The normalized spacial score (nSPS) is 12.9. The Kier molecular flexibility index (Phi) is 8.47.